The molecule has 0 fully saturated rings. The van der Waals surface area contributed by atoms with Gasteiger partial charge in [-0.15, -0.1) is 0 Å². The molecule has 0 saturated heterocycles. The van der Waals surface area contributed by atoms with Crippen LogP contribution < -0.4 is 15.8 Å². The predicted molar refractivity (Wildman–Crippen MR) is 81.8 cm³/mol. The van der Waals surface area contributed by atoms with E-state index in [-0.39, 0.29) is 11.9 Å². The van der Waals surface area contributed by atoms with Crippen molar-refractivity contribution in [3.05, 3.63) is 54.4 Å². The van der Waals surface area contributed by atoms with Crippen molar-refractivity contribution in [3.8, 4) is 5.75 Å². The third kappa shape index (κ3) is 4.80. The largest absolute Gasteiger partial charge is 0.493 e. The van der Waals surface area contributed by atoms with Crippen LogP contribution in [0.15, 0.2) is 48.8 Å². The lowest BCUT2D eigenvalue weighted by Gasteiger charge is -2.14. The highest BCUT2D eigenvalue weighted by atomic mass is 16.5. The number of hydrogen-bond donors (Lipinski definition) is 2. The molecule has 1 atom stereocenters. The number of nitrogens with two attached hydrogens (primary N) is 1. The average Bonchev–Trinajstić information content (AvgIpc) is 2.48. The first-order chi connectivity index (χ1) is 10.1. The van der Waals surface area contributed by atoms with Crippen molar-refractivity contribution in [1.29, 1.82) is 0 Å². The minimum Gasteiger partial charge on any atom is -0.493 e. The molecule has 2 aromatic rings. The number of nitrogens with zero attached hydrogens (tertiary/aromatic N) is 1. The second-order valence-corrected chi connectivity index (χ2v) is 4.74. The van der Waals surface area contributed by atoms with Gasteiger partial charge in [0.1, 0.15) is 5.75 Å². The van der Waals surface area contributed by atoms with Gasteiger partial charge < -0.3 is 15.8 Å². The van der Waals surface area contributed by atoms with E-state index in [1.54, 1.807) is 24.5 Å². The van der Waals surface area contributed by atoms with Crippen molar-refractivity contribution in [2.45, 2.75) is 19.4 Å². The summed E-state index contributed by atoms with van der Waals surface area (Å²) in [5.41, 5.74) is 7.32. The number of amides is 1. The molecule has 0 aliphatic heterocycles. The summed E-state index contributed by atoms with van der Waals surface area (Å²) in [5.74, 6) is 0.619. The second kappa shape index (κ2) is 7.28. The molecule has 21 heavy (non-hydrogen) atoms. The lowest BCUT2D eigenvalue weighted by atomic mass is 10.1. The number of nitrogens with one attached hydrogen (secondary N) is 1. The van der Waals surface area contributed by atoms with Crippen molar-refractivity contribution >= 4 is 11.6 Å². The molecule has 5 heteroatoms. The van der Waals surface area contributed by atoms with Gasteiger partial charge in [0.05, 0.1) is 19.1 Å². The van der Waals surface area contributed by atoms with Crippen LogP contribution in [-0.4, -0.2) is 17.5 Å². The normalized spacial score (nSPS) is 11.7. The summed E-state index contributed by atoms with van der Waals surface area (Å²) in [4.78, 5) is 15.8. The van der Waals surface area contributed by atoms with Gasteiger partial charge in [-0.25, -0.2) is 0 Å². The van der Waals surface area contributed by atoms with Gasteiger partial charge in [-0.3, -0.25) is 9.78 Å². The van der Waals surface area contributed by atoms with Crippen LogP contribution in [0.4, 0.5) is 5.69 Å². The van der Waals surface area contributed by atoms with Crippen LogP contribution in [0, 0.1) is 0 Å². The number of rotatable bonds is 6. The van der Waals surface area contributed by atoms with E-state index < -0.39 is 0 Å². The van der Waals surface area contributed by atoms with Crippen LogP contribution in [0.25, 0.3) is 0 Å². The molecule has 0 aliphatic carbocycles. The maximum Gasteiger partial charge on any atom is 0.223 e. The Morgan fingerprint density at radius 2 is 2.10 bits per heavy atom. The summed E-state index contributed by atoms with van der Waals surface area (Å²) in [6.07, 6.45) is 3.71. The summed E-state index contributed by atoms with van der Waals surface area (Å²) in [6, 6.07) is 10.9. The molecule has 1 heterocycles. The number of aromatic nitrogens is 1. The molecule has 1 aromatic carbocycles. The summed E-state index contributed by atoms with van der Waals surface area (Å²) in [7, 11) is 0. The minimum absolute atomic E-state index is 0.0483. The number of carbonyl (C=O) groups excluding carboxylic acids is 1. The Hall–Kier alpha value is -2.56. The van der Waals surface area contributed by atoms with Crippen LogP contribution in [0.5, 0.6) is 5.75 Å². The molecule has 3 N–H and O–H groups in total. The number of hydrogen-bond acceptors (Lipinski definition) is 4. The fraction of sp³-hybridized carbons (Fsp3) is 0.250. The van der Waals surface area contributed by atoms with Crippen LogP contribution in [0.2, 0.25) is 0 Å². The number of pyridine rings is 1. The van der Waals surface area contributed by atoms with Gasteiger partial charge in [0.25, 0.3) is 0 Å². The van der Waals surface area contributed by atoms with Gasteiger partial charge in [0.2, 0.25) is 5.91 Å². The molecule has 0 bridgehead atoms. The highest BCUT2D eigenvalue weighted by Gasteiger charge is 2.09. The van der Waals surface area contributed by atoms with Crippen molar-refractivity contribution in [2.75, 3.05) is 12.3 Å². The molecule has 1 unspecified atom stereocenters. The summed E-state index contributed by atoms with van der Waals surface area (Å²) in [6.45, 7) is 2.25. The molecule has 0 saturated carbocycles. The van der Waals surface area contributed by atoms with Crippen molar-refractivity contribution in [2.24, 2.45) is 0 Å². The van der Waals surface area contributed by atoms with Crippen LogP contribution in [0.3, 0.4) is 0 Å². The molecule has 0 spiro atoms. The third-order valence-corrected chi connectivity index (χ3v) is 3.04. The Kier molecular flexibility index (Phi) is 5.15. The Labute approximate surface area is 124 Å². The number of benzene rings is 1. The van der Waals surface area contributed by atoms with E-state index in [1.807, 2.05) is 31.2 Å². The Morgan fingerprint density at radius 1 is 1.33 bits per heavy atom. The van der Waals surface area contributed by atoms with E-state index in [0.717, 1.165) is 5.56 Å². The van der Waals surface area contributed by atoms with Gasteiger partial charge in [0, 0.05) is 24.1 Å². The lowest BCUT2D eigenvalue weighted by molar-refractivity contribution is -0.122. The molecule has 0 radical (unpaired) electrons. The molecule has 1 amide bonds. The zero-order valence-corrected chi connectivity index (χ0v) is 12.0. The van der Waals surface area contributed by atoms with Crippen LogP contribution in [-0.2, 0) is 4.79 Å². The fourth-order valence-corrected chi connectivity index (χ4v) is 1.92. The average molecular weight is 285 g/mol. The molecule has 1 aromatic heterocycles. The van der Waals surface area contributed by atoms with Crippen LogP contribution >= 0.6 is 0 Å². The SMILES string of the molecule is CC(NC(=O)CCOc1cccc(N)c1)c1ccncc1. The van der Waals surface area contributed by atoms with Crippen molar-refractivity contribution in [1.82, 2.24) is 10.3 Å². The van der Waals surface area contributed by atoms with Crippen molar-refractivity contribution < 1.29 is 9.53 Å². The Morgan fingerprint density at radius 3 is 2.81 bits per heavy atom. The standard InChI is InChI=1S/C16H19N3O2/c1-12(13-5-8-18-9-6-13)19-16(20)7-10-21-15-4-2-3-14(17)11-15/h2-6,8-9,11-12H,7,10,17H2,1H3,(H,19,20). The van der Waals surface area contributed by atoms with E-state index >= 15 is 0 Å². The highest BCUT2D eigenvalue weighted by molar-refractivity contribution is 5.76. The maximum absolute atomic E-state index is 11.9. The predicted octanol–water partition coefficient (Wildman–Crippen LogP) is 2.31. The van der Waals surface area contributed by atoms with E-state index in [1.165, 1.54) is 0 Å². The number of carbonyl (C=O) groups is 1. The third-order valence-electron chi connectivity index (χ3n) is 3.04. The maximum atomic E-state index is 11.9. The van der Waals surface area contributed by atoms with Gasteiger partial charge in [0.15, 0.2) is 0 Å². The minimum atomic E-state index is -0.0526. The van der Waals surface area contributed by atoms with Gasteiger partial charge in [-0.1, -0.05) is 6.07 Å². The quantitative estimate of drug-likeness (QED) is 0.798. The van der Waals surface area contributed by atoms with Crippen molar-refractivity contribution in [3.63, 3.8) is 0 Å². The van der Waals surface area contributed by atoms with E-state index in [4.69, 9.17) is 10.5 Å². The number of ether oxygens (including phenoxy) is 1. The Balaban J connectivity index is 1.75. The van der Waals surface area contributed by atoms with Gasteiger partial charge in [-0.2, -0.15) is 0 Å². The van der Waals surface area contributed by atoms with Gasteiger partial charge in [-0.05, 0) is 36.8 Å². The smallest absolute Gasteiger partial charge is 0.223 e. The zero-order valence-electron chi connectivity index (χ0n) is 12.0. The molecular weight excluding hydrogens is 266 g/mol. The molecule has 2 rings (SSSR count). The molecule has 110 valence electrons. The summed E-state index contributed by atoms with van der Waals surface area (Å²) < 4.78 is 5.49. The second-order valence-electron chi connectivity index (χ2n) is 4.74. The summed E-state index contributed by atoms with van der Waals surface area (Å²) in [5, 5.41) is 2.92. The fourth-order valence-electron chi connectivity index (χ4n) is 1.92. The van der Waals surface area contributed by atoms with E-state index in [0.29, 0.717) is 24.5 Å². The topological polar surface area (TPSA) is 77.2 Å². The summed E-state index contributed by atoms with van der Waals surface area (Å²) >= 11 is 0. The first-order valence-electron chi connectivity index (χ1n) is 6.83. The first-order valence-corrected chi connectivity index (χ1v) is 6.83. The zero-order chi connectivity index (χ0) is 15.1. The first kappa shape index (κ1) is 14.8. The molecule has 0 aliphatic rings. The lowest BCUT2D eigenvalue weighted by Crippen LogP contribution is -2.27. The monoisotopic (exact) mass is 285 g/mol. The van der Waals surface area contributed by atoms with E-state index in [9.17, 15) is 4.79 Å². The van der Waals surface area contributed by atoms with E-state index in [2.05, 4.69) is 10.3 Å². The van der Waals surface area contributed by atoms with Gasteiger partial charge >= 0.3 is 0 Å². The number of anilines is 1. The highest BCUT2D eigenvalue weighted by Crippen LogP contribution is 2.14. The Bertz CT molecular complexity index is 587. The molecule has 5 nitrogen and oxygen atoms in total. The number of nitrogen functional groups attached to an aromatic ring is 1. The molecular formula is C16H19N3O2. The van der Waals surface area contributed by atoms with Crippen LogP contribution in [0.1, 0.15) is 24.9 Å².